The molecule has 4 heteroatoms. The molecule has 22 heavy (non-hydrogen) atoms. The van der Waals surface area contributed by atoms with Crippen LogP contribution in [0.4, 0.5) is 0 Å². The number of amides is 1. The van der Waals surface area contributed by atoms with Crippen LogP contribution in [0.1, 0.15) is 39.7 Å². The molecule has 1 aromatic rings. The van der Waals surface area contributed by atoms with Crippen molar-refractivity contribution < 1.29 is 9.63 Å². The third-order valence-electron chi connectivity index (χ3n) is 3.97. The van der Waals surface area contributed by atoms with Gasteiger partial charge in [0.1, 0.15) is 6.61 Å². The molecule has 1 unspecified atom stereocenters. The van der Waals surface area contributed by atoms with E-state index in [0.717, 1.165) is 17.6 Å². The van der Waals surface area contributed by atoms with E-state index in [1.165, 1.54) is 5.06 Å². The van der Waals surface area contributed by atoms with Crippen LogP contribution in [0.3, 0.4) is 0 Å². The predicted molar refractivity (Wildman–Crippen MR) is 97.2 cm³/mol. The van der Waals surface area contributed by atoms with Gasteiger partial charge in [-0.25, -0.2) is 5.06 Å². The number of hydrogen-bond donors (Lipinski definition) is 0. The van der Waals surface area contributed by atoms with E-state index in [-0.39, 0.29) is 11.3 Å². The predicted octanol–water partition coefficient (Wildman–Crippen LogP) is 4.72. The molecule has 1 aliphatic rings. The largest absolute Gasteiger partial charge is 0.272 e. The fraction of sp³-hybridized carbons (Fsp3) is 0.500. The maximum atomic E-state index is 12.9. The van der Waals surface area contributed by atoms with Gasteiger partial charge < -0.3 is 0 Å². The lowest BCUT2D eigenvalue weighted by Gasteiger charge is -2.31. The zero-order valence-electron chi connectivity index (χ0n) is 13.7. The highest BCUT2D eigenvalue weighted by Crippen LogP contribution is 2.45. The summed E-state index contributed by atoms with van der Waals surface area (Å²) in [6.45, 7) is 9.53. The zero-order chi connectivity index (χ0) is 16.4. The minimum absolute atomic E-state index is 0.0706. The molecule has 0 aromatic heterocycles. The van der Waals surface area contributed by atoms with Gasteiger partial charge in [-0.3, -0.25) is 9.63 Å². The van der Waals surface area contributed by atoms with Crippen molar-refractivity contribution in [2.45, 2.75) is 40.7 Å². The Morgan fingerprint density at radius 3 is 2.50 bits per heavy atom. The standard InChI is InChI=1S/C18H24INO2/c1-17(2,3)13-18(4)15(10-19)11-20(16(18)21)22-12-14-8-6-5-7-9-14/h5-10H,11-13H2,1-4H3/b15-10+. The smallest absolute Gasteiger partial charge is 0.256 e. The average molecular weight is 413 g/mol. The van der Waals surface area contributed by atoms with Gasteiger partial charge >= 0.3 is 0 Å². The zero-order valence-corrected chi connectivity index (χ0v) is 15.9. The van der Waals surface area contributed by atoms with Crippen molar-refractivity contribution in [3.8, 4) is 0 Å². The van der Waals surface area contributed by atoms with Crippen molar-refractivity contribution in [3.05, 3.63) is 45.6 Å². The Balaban J connectivity index is 2.11. The molecule has 1 saturated heterocycles. The number of nitrogens with zero attached hydrogens (tertiary/aromatic N) is 1. The van der Waals surface area contributed by atoms with Crippen molar-refractivity contribution >= 4 is 28.5 Å². The summed E-state index contributed by atoms with van der Waals surface area (Å²) in [4.78, 5) is 18.6. The third kappa shape index (κ3) is 3.90. The van der Waals surface area contributed by atoms with Crippen LogP contribution < -0.4 is 0 Å². The van der Waals surface area contributed by atoms with Crippen LogP contribution in [0.25, 0.3) is 0 Å². The number of rotatable bonds is 4. The summed E-state index contributed by atoms with van der Waals surface area (Å²) in [6.07, 6.45) is 0.818. The molecule has 1 atom stereocenters. The van der Waals surface area contributed by atoms with Crippen LogP contribution in [0.15, 0.2) is 40.0 Å². The highest BCUT2D eigenvalue weighted by atomic mass is 127. The van der Waals surface area contributed by atoms with E-state index in [1.807, 2.05) is 41.3 Å². The van der Waals surface area contributed by atoms with Crippen LogP contribution in [-0.4, -0.2) is 17.5 Å². The first-order valence-corrected chi connectivity index (χ1v) is 8.79. The van der Waals surface area contributed by atoms with Crippen LogP contribution >= 0.6 is 22.6 Å². The first-order valence-electron chi connectivity index (χ1n) is 7.55. The Labute approximate surface area is 146 Å². The topological polar surface area (TPSA) is 29.5 Å². The fourth-order valence-electron chi connectivity index (χ4n) is 3.05. The number of carbonyl (C=O) groups excluding carboxylic acids is 1. The van der Waals surface area contributed by atoms with E-state index < -0.39 is 5.41 Å². The maximum absolute atomic E-state index is 12.9. The number of hydrogen-bond acceptors (Lipinski definition) is 2. The molecular weight excluding hydrogens is 389 g/mol. The van der Waals surface area contributed by atoms with E-state index in [9.17, 15) is 4.79 Å². The Morgan fingerprint density at radius 1 is 1.32 bits per heavy atom. The molecule has 2 rings (SSSR count). The van der Waals surface area contributed by atoms with E-state index in [0.29, 0.717) is 13.2 Å². The molecule has 120 valence electrons. The Bertz CT molecular complexity index is 562. The van der Waals surface area contributed by atoms with Crippen LogP contribution in [0, 0.1) is 10.8 Å². The molecule has 0 spiro atoms. The summed E-state index contributed by atoms with van der Waals surface area (Å²) in [5.41, 5.74) is 1.83. The van der Waals surface area contributed by atoms with Gasteiger partial charge in [0.25, 0.3) is 5.91 Å². The molecule has 1 aliphatic heterocycles. The summed E-state index contributed by atoms with van der Waals surface area (Å²) < 4.78 is 2.03. The number of carbonyl (C=O) groups is 1. The molecule has 0 bridgehead atoms. The molecular formula is C18H24INO2. The van der Waals surface area contributed by atoms with Gasteiger partial charge in [-0.1, -0.05) is 73.7 Å². The number of hydroxylamine groups is 2. The quantitative estimate of drug-likeness (QED) is 0.669. The summed E-state index contributed by atoms with van der Waals surface area (Å²) in [6, 6.07) is 9.94. The van der Waals surface area contributed by atoms with Crippen LogP contribution in [-0.2, 0) is 16.2 Å². The van der Waals surface area contributed by atoms with E-state index in [4.69, 9.17) is 4.84 Å². The highest BCUT2D eigenvalue weighted by molar-refractivity contribution is 14.1. The monoisotopic (exact) mass is 413 g/mol. The van der Waals surface area contributed by atoms with E-state index >= 15 is 0 Å². The van der Waals surface area contributed by atoms with Gasteiger partial charge in [-0.05, 0) is 34.0 Å². The second-order valence-electron chi connectivity index (χ2n) is 7.30. The molecule has 1 aromatic carbocycles. The van der Waals surface area contributed by atoms with Gasteiger partial charge in [-0.15, -0.1) is 0 Å². The van der Waals surface area contributed by atoms with Crippen molar-refractivity contribution in [1.29, 1.82) is 0 Å². The van der Waals surface area contributed by atoms with Crippen molar-refractivity contribution in [1.82, 2.24) is 5.06 Å². The van der Waals surface area contributed by atoms with Gasteiger partial charge in [0, 0.05) is 0 Å². The minimum Gasteiger partial charge on any atom is -0.272 e. The van der Waals surface area contributed by atoms with Gasteiger partial charge in [-0.2, -0.15) is 0 Å². The molecule has 1 fully saturated rings. The molecule has 0 radical (unpaired) electrons. The Kier molecular flexibility index (Phi) is 5.33. The van der Waals surface area contributed by atoms with Crippen LogP contribution in [0.5, 0.6) is 0 Å². The minimum atomic E-state index is -0.462. The highest BCUT2D eigenvalue weighted by Gasteiger charge is 2.49. The second-order valence-corrected chi connectivity index (χ2v) is 7.93. The Morgan fingerprint density at radius 2 is 1.95 bits per heavy atom. The van der Waals surface area contributed by atoms with Gasteiger partial charge in [0.2, 0.25) is 0 Å². The van der Waals surface area contributed by atoms with Gasteiger partial charge in [0.15, 0.2) is 0 Å². The summed E-state index contributed by atoms with van der Waals surface area (Å²) >= 11 is 2.23. The van der Waals surface area contributed by atoms with E-state index in [2.05, 4.69) is 43.4 Å². The normalized spacial score (nSPS) is 24.3. The first-order chi connectivity index (χ1) is 10.3. The Hall–Kier alpha value is -0.880. The van der Waals surface area contributed by atoms with Crippen molar-refractivity contribution in [3.63, 3.8) is 0 Å². The lowest BCUT2D eigenvalue weighted by molar-refractivity contribution is -0.187. The lowest BCUT2D eigenvalue weighted by Crippen LogP contribution is -2.35. The fourth-order valence-corrected chi connectivity index (χ4v) is 3.93. The molecule has 0 saturated carbocycles. The number of benzene rings is 1. The third-order valence-corrected chi connectivity index (χ3v) is 4.72. The SMILES string of the molecule is CC(C)(C)CC1(C)C(=O)N(OCc2ccccc2)C/C1=C\I. The second kappa shape index (κ2) is 6.71. The van der Waals surface area contributed by atoms with Gasteiger partial charge in [0.05, 0.1) is 12.0 Å². The summed E-state index contributed by atoms with van der Waals surface area (Å²) in [7, 11) is 0. The number of halogens is 1. The molecule has 1 heterocycles. The molecule has 0 aliphatic carbocycles. The lowest BCUT2D eigenvalue weighted by atomic mass is 9.72. The first kappa shape index (κ1) is 17.5. The summed E-state index contributed by atoms with van der Waals surface area (Å²) in [5, 5.41) is 1.53. The van der Waals surface area contributed by atoms with Crippen molar-refractivity contribution in [2.24, 2.45) is 10.8 Å². The summed E-state index contributed by atoms with van der Waals surface area (Å²) in [5.74, 6) is 0.0706. The molecule has 1 amide bonds. The van der Waals surface area contributed by atoms with Crippen molar-refractivity contribution in [2.75, 3.05) is 6.54 Å². The van der Waals surface area contributed by atoms with E-state index in [1.54, 1.807) is 0 Å². The maximum Gasteiger partial charge on any atom is 0.256 e. The average Bonchev–Trinajstić information content (AvgIpc) is 2.68. The molecule has 3 nitrogen and oxygen atoms in total. The molecule has 0 N–H and O–H groups in total. The van der Waals surface area contributed by atoms with Crippen LogP contribution in [0.2, 0.25) is 0 Å².